The number of nitro groups is 1. The van der Waals surface area contributed by atoms with Crippen LogP contribution in [-0.4, -0.2) is 32.1 Å². The molecule has 9 heteroatoms. The van der Waals surface area contributed by atoms with Crippen LogP contribution in [0.15, 0.2) is 77.5 Å². The average molecular weight is 403 g/mol. The Morgan fingerprint density at radius 1 is 1.13 bits per heavy atom. The highest BCUT2D eigenvalue weighted by Gasteiger charge is 2.19. The van der Waals surface area contributed by atoms with Crippen molar-refractivity contribution < 1.29 is 14.1 Å². The Morgan fingerprint density at radius 2 is 1.97 bits per heavy atom. The van der Waals surface area contributed by atoms with Gasteiger partial charge in [-0.2, -0.15) is 5.10 Å². The van der Waals surface area contributed by atoms with E-state index in [4.69, 9.17) is 4.42 Å². The highest BCUT2D eigenvalue weighted by Crippen LogP contribution is 2.23. The topological polar surface area (TPSA) is 116 Å². The highest BCUT2D eigenvalue weighted by molar-refractivity contribution is 5.94. The molecule has 4 rings (SSSR count). The third-order valence-corrected chi connectivity index (χ3v) is 4.41. The lowest BCUT2D eigenvalue weighted by molar-refractivity contribution is -0.384. The van der Waals surface area contributed by atoms with Crippen LogP contribution in [0, 0.1) is 10.1 Å². The van der Waals surface area contributed by atoms with Gasteiger partial charge in [0.2, 0.25) is 0 Å². The van der Waals surface area contributed by atoms with Gasteiger partial charge in [0, 0.05) is 43.1 Å². The number of aromatic nitrogens is 3. The average Bonchev–Trinajstić information content (AvgIpc) is 3.44. The number of rotatable bonds is 7. The summed E-state index contributed by atoms with van der Waals surface area (Å²) in [6.45, 7) is 0.400. The van der Waals surface area contributed by atoms with Crippen LogP contribution >= 0.6 is 0 Å². The smallest absolute Gasteiger partial charge is 0.270 e. The number of carbonyl (C=O) groups excluding carboxylic acids is 1. The van der Waals surface area contributed by atoms with E-state index in [2.05, 4.69) is 15.4 Å². The summed E-state index contributed by atoms with van der Waals surface area (Å²) in [6, 6.07) is 16.5. The van der Waals surface area contributed by atoms with Gasteiger partial charge < -0.3 is 9.73 Å². The number of pyridine rings is 1. The molecule has 1 amide bonds. The molecule has 3 heterocycles. The Hall–Kier alpha value is -4.27. The molecule has 0 aliphatic carbocycles. The molecule has 30 heavy (non-hydrogen) atoms. The molecule has 0 radical (unpaired) electrons. The molecule has 0 aliphatic heterocycles. The molecule has 0 fully saturated rings. The number of benzene rings is 1. The zero-order valence-electron chi connectivity index (χ0n) is 15.8. The molecule has 0 atom stereocenters. The van der Waals surface area contributed by atoms with Crippen LogP contribution in [0.4, 0.5) is 5.69 Å². The fourth-order valence-electron chi connectivity index (χ4n) is 2.94. The van der Waals surface area contributed by atoms with Crippen molar-refractivity contribution >= 4 is 11.6 Å². The van der Waals surface area contributed by atoms with Gasteiger partial charge in [-0.1, -0.05) is 6.07 Å². The minimum absolute atomic E-state index is 0.0430. The van der Waals surface area contributed by atoms with Crippen molar-refractivity contribution in [3.8, 4) is 17.1 Å². The van der Waals surface area contributed by atoms with Crippen LogP contribution in [0.2, 0.25) is 0 Å². The summed E-state index contributed by atoms with van der Waals surface area (Å²) < 4.78 is 6.83. The number of nitrogens with zero attached hydrogens (tertiary/aromatic N) is 4. The third-order valence-electron chi connectivity index (χ3n) is 4.41. The monoisotopic (exact) mass is 403 g/mol. The van der Waals surface area contributed by atoms with Gasteiger partial charge in [0.05, 0.1) is 16.9 Å². The summed E-state index contributed by atoms with van der Waals surface area (Å²) in [5.41, 5.74) is 2.12. The SMILES string of the molecule is O=C(NCCc1ccccn1)c1cc(-c2ccco2)nn1-c1ccc([N+](=O)[O-])cc1. The van der Waals surface area contributed by atoms with Crippen LogP contribution in [0.1, 0.15) is 16.2 Å². The summed E-state index contributed by atoms with van der Waals surface area (Å²) in [5.74, 6) is 0.188. The number of non-ortho nitro benzene ring substituents is 1. The lowest BCUT2D eigenvalue weighted by Crippen LogP contribution is -2.28. The minimum Gasteiger partial charge on any atom is -0.463 e. The Kier molecular flexibility index (Phi) is 5.33. The summed E-state index contributed by atoms with van der Waals surface area (Å²) in [7, 11) is 0. The van der Waals surface area contributed by atoms with Gasteiger partial charge in [0.15, 0.2) is 5.76 Å². The van der Waals surface area contributed by atoms with Gasteiger partial charge in [0.25, 0.3) is 11.6 Å². The molecule has 3 aromatic heterocycles. The number of carbonyl (C=O) groups is 1. The van der Waals surface area contributed by atoms with E-state index in [0.29, 0.717) is 30.1 Å². The molecule has 9 nitrogen and oxygen atoms in total. The number of amides is 1. The predicted octanol–water partition coefficient (Wildman–Crippen LogP) is 3.41. The first kappa shape index (κ1) is 19.1. The van der Waals surface area contributed by atoms with Crippen molar-refractivity contribution in [1.82, 2.24) is 20.1 Å². The maximum atomic E-state index is 12.9. The summed E-state index contributed by atoms with van der Waals surface area (Å²) >= 11 is 0. The van der Waals surface area contributed by atoms with Crippen molar-refractivity contribution in [2.75, 3.05) is 6.54 Å². The van der Waals surface area contributed by atoms with Crippen LogP contribution in [0.3, 0.4) is 0 Å². The minimum atomic E-state index is -0.480. The quantitative estimate of drug-likeness (QED) is 0.373. The number of nitro benzene ring substituents is 1. The fourth-order valence-corrected chi connectivity index (χ4v) is 2.94. The van der Waals surface area contributed by atoms with E-state index in [9.17, 15) is 14.9 Å². The first-order valence-electron chi connectivity index (χ1n) is 9.19. The normalized spacial score (nSPS) is 10.7. The lowest BCUT2D eigenvalue weighted by atomic mass is 10.2. The van der Waals surface area contributed by atoms with Crippen LogP contribution in [0.25, 0.3) is 17.1 Å². The van der Waals surface area contributed by atoms with Crippen LogP contribution in [0.5, 0.6) is 0 Å². The van der Waals surface area contributed by atoms with Gasteiger partial charge in [-0.05, 0) is 36.4 Å². The molecule has 4 aromatic rings. The number of nitrogens with one attached hydrogen (secondary N) is 1. The molecule has 1 aromatic carbocycles. The van der Waals surface area contributed by atoms with E-state index < -0.39 is 4.92 Å². The first-order valence-corrected chi connectivity index (χ1v) is 9.19. The van der Waals surface area contributed by atoms with Crippen molar-refractivity contribution in [1.29, 1.82) is 0 Å². The Balaban J connectivity index is 1.60. The van der Waals surface area contributed by atoms with Crippen LogP contribution < -0.4 is 5.32 Å². The number of hydrogen-bond acceptors (Lipinski definition) is 6. The zero-order chi connectivity index (χ0) is 20.9. The van der Waals surface area contributed by atoms with Gasteiger partial charge in [-0.25, -0.2) is 4.68 Å². The largest absolute Gasteiger partial charge is 0.463 e. The Labute approximate surface area is 171 Å². The molecule has 0 unspecified atom stereocenters. The number of hydrogen-bond donors (Lipinski definition) is 1. The van der Waals surface area contributed by atoms with Crippen molar-refractivity contribution in [2.24, 2.45) is 0 Å². The third kappa shape index (κ3) is 4.09. The Bertz CT molecular complexity index is 1150. The van der Waals surface area contributed by atoms with Gasteiger partial charge in [-0.15, -0.1) is 0 Å². The molecular weight excluding hydrogens is 386 g/mol. The van der Waals surface area contributed by atoms with E-state index in [-0.39, 0.29) is 17.3 Å². The molecule has 0 bridgehead atoms. The molecule has 150 valence electrons. The van der Waals surface area contributed by atoms with Crippen molar-refractivity contribution in [3.63, 3.8) is 0 Å². The zero-order valence-corrected chi connectivity index (χ0v) is 15.8. The van der Waals surface area contributed by atoms with Crippen LogP contribution in [-0.2, 0) is 6.42 Å². The second-order valence-electron chi connectivity index (χ2n) is 6.40. The van der Waals surface area contributed by atoms with Gasteiger partial charge in [-0.3, -0.25) is 19.9 Å². The molecular formula is C21H17N5O4. The maximum absolute atomic E-state index is 12.9. The molecule has 0 spiro atoms. The number of furan rings is 1. The van der Waals surface area contributed by atoms with Gasteiger partial charge >= 0.3 is 0 Å². The highest BCUT2D eigenvalue weighted by atomic mass is 16.6. The van der Waals surface area contributed by atoms with E-state index in [1.165, 1.54) is 23.1 Å². The standard InChI is InChI=1S/C21H17N5O4/c27-21(23-12-10-15-4-1-2-11-22-15)19-14-18(20-5-3-13-30-20)24-25(19)16-6-8-17(9-7-16)26(28)29/h1-9,11,13-14H,10,12H2,(H,23,27). The van der Waals surface area contributed by atoms with E-state index >= 15 is 0 Å². The van der Waals surface area contributed by atoms with Gasteiger partial charge in [0.1, 0.15) is 11.4 Å². The summed E-state index contributed by atoms with van der Waals surface area (Å²) in [6.07, 6.45) is 3.81. The molecule has 0 aliphatic rings. The molecule has 0 saturated heterocycles. The molecule has 0 saturated carbocycles. The maximum Gasteiger partial charge on any atom is 0.270 e. The van der Waals surface area contributed by atoms with E-state index in [0.717, 1.165) is 5.69 Å². The van der Waals surface area contributed by atoms with E-state index in [1.54, 1.807) is 36.5 Å². The second-order valence-corrected chi connectivity index (χ2v) is 6.40. The lowest BCUT2D eigenvalue weighted by Gasteiger charge is -2.08. The Morgan fingerprint density at radius 3 is 2.63 bits per heavy atom. The summed E-state index contributed by atoms with van der Waals surface area (Å²) in [4.78, 5) is 27.5. The van der Waals surface area contributed by atoms with E-state index in [1.807, 2.05) is 18.2 Å². The van der Waals surface area contributed by atoms with Crippen molar-refractivity contribution in [2.45, 2.75) is 6.42 Å². The van der Waals surface area contributed by atoms with Crippen molar-refractivity contribution in [3.05, 3.63) is 94.6 Å². The first-order chi connectivity index (χ1) is 14.6. The second kappa shape index (κ2) is 8.39. The predicted molar refractivity (Wildman–Crippen MR) is 108 cm³/mol. The molecule has 1 N–H and O–H groups in total. The fraction of sp³-hybridized carbons (Fsp3) is 0.0952. The summed E-state index contributed by atoms with van der Waals surface area (Å²) in [5, 5.41) is 18.3.